The molecule has 1 saturated heterocycles. The molecule has 5 heteroatoms. The van der Waals surface area contributed by atoms with Gasteiger partial charge in [0.15, 0.2) is 0 Å². The predicted octanol–water partition coefficient (Wildman–Crippen LogP) is 2.67. The van der Waals surface area contributed by atoms with E-state index in [0.29, 0.717) is 19.4 Å². The number of halogens is 1. The van der Waals surface area contributed by atoms with Crippen LogP contribution in [0.4, 0.5) is 0 Å². The molecule has 2 bridgehead atoms. The molecule has 4 nitrogen and oxygen atoms in total. The zero-order valence-corrected chi connectivity index (χ0v) is 13.6. The SMILES string of the molecule is O=CO[C@H]1[C@@H]2CC=C(I)C[C@H]1N(Cc1ccccc1)C2=O. The summed E-state index contributed by atoms with van der Waals surface area (Å²) in [6.07, 6.45) is 3.16. The summed E-state index contributed by atoms with van der Waals surface area (Å²) in [6.45, 7) is 1.05. The summed E-state index contributed by atoms with van der Waals surface area (Å²) in [4.78, 5) is 25.3. The average molecular weight is 397 g/mol. The lowest BCUT2D eigenvalue weighted by Crippen LogP contribution is -2.37. The van der Waals surface area contributed by atoms with Crippen molar-refractivity contribution in [2.45, 2.75) is 31.5 Å². The van der Waals surface area contributed by atoms with Crippen LogP contribution >= 0.6 is 22.6 Å². The Balaban J connectivity index is 1.88. The monoisotopic (exact) mass is 397 g/mol. The van der Waals surface area contributed by atoms with Gasteiger partial charge in [-0.3, -0.25) is 9.59 Å². The topological polar surface area (TPSA) is 46.6 Å². The van der Waals surface area contributed by atoms with Crippen LogP contribution in [0.2, 0.25) is 0 Å². The Morgan fingerprint density at radius 2 is 2.10 bits per heavy atom. The third-order valence-corrected chi connectivity index (χ3v) is 5.06. The normalized spacial score (nSPS) is 28.0. The lowest BCUT2D eigenvalue weighted by molar-refractivity contribution is -0.137. The molecule has 3 rings (SSSR count). The molecule has 2 aliphatic rings. The lowest BCUT2D eigenvalue weighted by atomic mass is 9.99. The third-order valence-electron chi connectivity index (χ3n) is 4.18. The highest BCUT2D eigenvalue weighted by molar-refractivity contribution is 14.1. The van der Waals surface area contributed by atoms with Crippen LogP contribution in [0.15, 0.2) is 40.0 Å². The Labute approximate surface area is 137 Å². The van der Waals surface area contributed by atoms with E-state index in [-0.39, 0.29) is 24.0 Å². The molecule has 0 spiro atoms. The second kappa shape index (κ2) is 6.17. The maximum atomic E-state index is 12.6. The van der Waals surface area contributed by atoms with Crippen LogP contribution in [0.25, 0.3) is 0 Å². The van der Waals surface area contributed by atoms with Crippen molar-refractivity contribution in [1.82, 2.24) is 4.90 Å². The van der Waals surface area contributed by atoms with Crippen LogP contribution in [-0.4, -0.2) is 29.4 Å². The Kier molecular flexibility index (Phi) is 4.28. The molecular weight excluding hydrogens is 381 g/mol. The summed E-state index contributed by atoms with van der Waals surface area (Å²) >= 11 is 2.31. The fraction of sp³-hybridized carbons (Fsp3) is 0.375. The largest absolute Gasteiger partial charge is 0.462 e. The summed E-state index contributed by atoms with van der Waals surface area (Å²) in [7, 11) is 0. The van der Waals surface area contributed by atoms with Crippen LogP contribution in [-0.2, 0) is 20.9 Å². The van der Waals surface area contributed by atoms with E-state index in [1.807, 2.05) is 35.2 Å². The van der Waals surface area contributed by atoms with Crippen molar-refractivity contribution in [3.05, 3.63) is 45.6 Å². The van der Waals surface area contributed by atoms with Gasteiger partial charge in [-0.05, 0) is 38.2 Å². The molecule has 1 amide bonds. The van der Waals surface area contributed by atoms with E-state index in [1.54, 1.807) is 0 Å². The molecule has 1 aliphatic heterocycles. The van der Waals surface area contributed by atoms with Crippen LogP contribution in [0.5, 0.6) is 0 Å². The number of hydrogen-bond donors (Lipinski definition) is 0. The van der Waals surface area contributed by atoms with Crippen molar-refractivity contribution < 1.29 is 14.3 Å². The average Bonchev–Trinajstić information content (AvgIpc) is 2.62. The summed E-state index contributed by atoms with van der Waals surface area (Å²) < 4.78 is 6.48. The van der Waals surface area contributed by atoms with E-state index >= 15 is 0 Å². The van der Waals surface area contributed by atoms with Crippen LogP contribution in [0.3, 0.4) is 0 Å². The fourth-order valence-electron chi connectivity index (χ4n) is 3.19. The lowest BCUT2D eigenvalue weighted by Gasteiger charge is -2.27. The number of likely N-dealkylation sites (tertiary alicyclic amines) is 1. The Morgan fingerprint density at radius 1 is 1.33 bits per heavy atom. The van der Waals surface area contributed by atoms with Crippen LogP contribution < -0.4 is 0 Å². The summed E-state index contributed by atoms with van der Waals surface area (Å²) in [5, 5.41) is 0. The van der Waals surface area contributed by atoms with Gasteiger partial charge < -0.3 is 9.64 Å². The highest BCUT2D eigenvalue weighted by Crippen LogP contribution is 2.39. The molecular formula is C16H16INO3. The maximum Gasteiger partial charge on any atom is 0.293 e. The molecule has 0 N–H and O–H groups in total. The van der Waals surface area contributed by atoms with Crippen molar-refractivity contribution in [3.63, 3.8) is 0 Å². The van der Waals surface area contributed by atoms with Gasteiger partial charge in [0.2, 0.25) is 5.91 Å². The van der Waals surface area contributed by atoms with Gasteiger partial charge in [0.1, 0.15) is 6.10 Å². The van der Waals surface area contributed by atoms with E-state index < -0.39 is 0 Å². The zero-order chi connectivity index (χ0) is 14.8. The summed E-state index contributed by atoms with van der Waals surface area (Å²) in [5.41, 5.74) is 1.10. The molecule has 1 fully saturated rings. The van der Waals surface area contributed by atoms with E-state index in [0.717, 1.165) is 12.0 Å². The molecule has 3 atom stereocenters. The first-order valence-corrected chi connectivity index (χ1v) is 8.06. The van der Waals surface area contributed by atoms with Crippen molar-refractivity contribution >= 4 is 35.0 Å². The molecule has 1 aliphatic carbocycles. The standard InChI is InChI=1S/C16H16INO3/c17-12-6-7-13-15(21-10-19)14(8-12)18(16(13)20)9-11-4-2-1-3-5-11/h1-6,10,13-15H,7-9H2/t13-,14+,15-/m0/s1. The smallest absolute Gasteiger partial charge is 0.293 e. The van der Waals surface area contributed by atoms with Gasteiger partial charge in [0.05, 0.1) is 12.0 Å². The first-order valence-electron chi connectivity index (χ1n) is 6.98. The van der Waals surface area contributed by atoms with Crippen molar-refractivity contribution in [2.75, 3.05) is 0 Å². The first kappa shape index (κ1) is 14.6. The minimum absolute atomic E-state index is 0.0569. The molecule has 0 radical (unpaired) electrons. The van der Waals surface area contributed by atoms with E-state index in [9.17, 15) is 9.59 Å². The quantitative estimate of drug-likeness (QED) is 0.580. The van der Waals surface area contributed by atoms with Gasteiger partial charge >= 0.3 is 0 Å². The van der Waals surface area contributed by atoms with E-state index in [1.165, 1.54) is 3.58 Å². The highest BCUT2D eigenvalue weighted by Gasteiger charge is 2.50. The second-order valence-electron chi connectivity index (χ2n) is 5.41. The molecule has 1 aromatic carbocycles. The second-order valence-corrected chi connectivity index (χ2v) is 6.80. The van der Waals surface area contributed by atoms with Gasteiger partial charge in [0, 0.05) is 13.0 Å². The molecule has 110 valence electrons. The number of nitrogens with zero attached hydrogens (tertiary/aromatic N) is 1. The number of carbonyl (C=O) groups excluding carboxylic acids is 2. The Hall–Kier alpha value is -1.37. The summed E-state index contributed by atoms with van der Waals surface area (Å²) in [5.74, 6) is -0.146. The van der Waals surface area contributed by atoms with Crippen molar-refractivity contribution in [3.8, 4) is 0 Å². The Morgan fingerprint density at radius 3 is 2.81 bits per heavy atom. The van der Waals surface area contributed by atoms with Gasteiger partial charge in [-0.2, -0.15) is 0 Å². The number of fused-ring (bicyclic) bond motifs is 2. The summed E-state index contributed by atoms with van der Waals surface area (Å²) in [6, 6.07) is 9.87. The third kappa shape index (κ3) is 2.84. The van der Waals surface area contributed by atoms with Gasteiger partial charge in [-0.15, -0.1) is 0 Å². The molecule has 0 unspecified atom stereocenters. The van der Waals surface area contributed by atoms with Gasteiger partial charge in [-0.25, -0.2) is 0 Å². The minimum Gasteiger partial charge on any atom is -0.462 e. The van der Waals surface area contributed by atoms with E-state index in [2.05, 4.69) is 28.7 Å². The highest BCUT2D eigenvalue weighted by atomic mass is 127. The molecule has 0 saturated carbocycles. The number of hydrogen-bond acceptors (Lipinski definition) is 3. The molecule has 1 heterocycles. The van der Waals surface area contributed by atoms with Crippen LogP contribution in [0.1, 0.15) is 18.4 Å². The number of carbonyl (C=O) groups is 2. The van der Waals surface area contributed by atoms with Gasteiger partial charge in [-0.1, -0.05) is 36.4 Å². The van der Waals surface area contributed by atoms with Crippen molar-refractivity contribution in [2.24, 2.45) is 5.92 Å². The number of rotatable bonds is 4. The predicted molar refractivity (Wildman–Crippen MR) is 86.5 cm³/mol. The zero-order valence-electron chi connectivity index (χ0n) is 11.4. The number of ether oxygens (including phenoxy) is 1. The first-order chi connectivity index (χ1) is 10.2. The van der Waals surface area contributed by atoms with E-state index in [4.69, 9.17) is 4.74 Å². The van der Waals surface area contributed by atoms with Crippen LogP contribution in [0, 0.1) is 5.92 Å². The number of allylic oxidation sites excluding steroid dienone is 1. The Bertz CT molecular complexity index is 572. The molecule has 0 aromatic heterocycles. The van der Waals surface area contributed by atoms with Gasteiger partial charge in [0.25, 0.3) is 6.47 Å². The maximum absolute atomic E-state index is 12.6. The minimum atomic E-state index is -0.331. The number of benzene rings is 1. The molecule has 1 aromatic rings. The molecule has 21 heavy (non-hydrogen) atoms. The fourth-order valence-corrected chi connectivity index (χ4v) is 3.89. The van der Waals surface area contributed by atoms with Crippen molar-refractivity contribution in [1.29, 1.82) is 0 Å². The number of amides is 1.